The maximum atomic E-state index is 4.91. The zero-order chi connectivity index (χ0) is 14.8. The molecule has 2 heterocycles. The third-order valence-electron chi connectivity index (χ3n) is 4.44. The third-order valence-corrected chi connectivity index (χ3v) is 5.58. The van der Waals surface area contributed by atoms with E-state index in [4.69, 9.17) is 4.98 Å². The number of thiazole rings is 1. The molecule has 112 valence electrons. The van der Waals surface area contributed by atoms with Crippen molar-refractivity contribution < 1.29 is 0 Å². The van der Waals surface area contributed by atoms with Gasteiger partial charge in [-0.15, -0.1) is 11.3 Å². The van der Waals surface area contributed by atoms with Crippen molar-refractivity contribution >= 4 is 21.6 Å². The number of fused-ring (bicyclic) bond motifs is 1. The molecular formula is C19H20N2S. The smallest absolute Gasteiger partial charge is 0.111 e. The van der Waals surface area contributed by atoms with Crippen molar-refractivity contribution in [1.29, 1.82) is 0 Å². The molecular weight excluding hydrogens is 288 g/mol. The van der Waals surface area contributed by atoms with Crippen molar-refractivity contribution in [2.45, 2.75) is 31.8 Å². The van der Waals surface area contributed by atoms with Crippen molar-refractivity contribution in [2.24, 2.45) is 0 Å². The molecule has 0 saturated carbocycles. The standard InChI is InChI=1S/C19H20N2S/c1-2-8-15(9-3-1)14-21-13-7-6-11-17(21)19-20-16-10-4-5-12-18(16)22-19/h1-5,8-10,12,17H,6-7,11,13-14H2/t17-/m0/s1. The monoisotopic (exact) mass is 308 g/mol. The van der Waals surface area contributed by atoms with Crippen LogP contribution in [0, 0.1) is 0 Å². The molecule has 3 heteroatoms. The summed E-state index contributed by atoms with van der Waals surface area (Å²) in [5.74, 6) is 0. The van der Waals surface area contributed by atoms with Crippen molar-refractivity contribution in [3.8, 4) is 0 Å². The van der Waals surface area contributed by atoms with Crippen molar-refractivity contribution in [3.63, 3.8) is 0 Å². The van der Waals surface area contributed by atoms with Gasteiger partial charge >= 0.3 is 0 Å². The SMILES string of the molecule is c1ccc(CN2CCCC[C@H]2c2nc3ccccc3s2)cc1. The fourth-order valence-corrected chi connectivity index (χ4v) is 4.45. The van der Waals surface area contributed by atoms with Gasteiger partial charge in [-0.25, -0.2) is 4.98 Å². The highest BCUT2D eigenvalue weighted by molar-refractivity contribution is 7.18. The van der Waals surface area contributed by atoms with Gasteiger partial charge < -0.3 is 0 Å². The van der Waals surface area contributed by atoms with E-state index in [1.165, 1.54) is 41.1 Å². The van der Waals surface area contributed by atoms with E-state index in [2.05, 4.69) is 59.5 Å². The summed E-state index contributed by atoms with van der Waals surface area (Å²) in [6, 6.07) is 19.8. The van der Waals surface area contributed by atoms with Gasteiger partial charge in [-0.2, -0.15) is 0 Å². The molecule has 1 atom stereocenters. The summed E-state index contributed by atoms with van der Waals surface area (Å²) in [7, 11) is 0. The van der Waals surface area contributed by atoms with Gasteiger partial charge in [-0.1, -0.05) is 48.9 Å². The lowest BCUT2D eigenvalue weighted by atomic mass is 10.0. The van der Waals surface area contributed by atoms with Gasteiger partial charge in [-0.3, -0.25) is 4.90 Å². The van der Waals surface area contributed by atoms with E-state index in [1.807, 2.05) is 11.3 Å². The van der Waals surface area contributed by atoms with E-state index in [9.17, 15) is 0 Å². The maximum absolute atomic E-state index is 4.91. The molecule has 0 spiro atoms. The molecule has 0 unspecified atom stereocenters. The molecule has 3 aromatic rings. The van der Waals surface area contributed by atoms with E-state index in [1.54, 1.807) is 0 Å². The second-order valence-corrected chi connectivity index (χ2v) is 7.05. The predicted molar refractivity (Wildman–Crippen MR) is 93.1 cm³/mol. The van der Waals surface area contributed by atoms with Crippen molar-refractivity contribution in [3.05, 3.63) is 65.2 Å². The molecule has 1 aromatic heterocycles. The van der Waals surface area contributed by atoms with Crippen LogP contribution in [-0.4, -0.2) is 16.4 Å². The first-order valence-corrected chi connectivity index (χ1v) is 8.85. The number of likely N-dealkylation sites (tertiary alicyclic amines) is 1. The number of benzene rings is 2. The first-order valence-electron chi connectivity index (χ1n) is 8.03. The molecule has 0 aliphatic carbocycles. The third kappa shape index (κ3) is 2.79. The number of para-hydroxylation sites is 1. The minimum atomic E-state index is 0.478. The fourth-order valence-electron chi connectivity index (χ4n) is 3.31. The number of aromatic nitrogens is 1. The summed E-state index contributed by atoms with van der Waals surface area (Å²) < 4.78 is 1.31. The van der Waals surface area contributed by atoms with Crippen LogP contribution >= 0.6 is 11.3 Å². The van der Waals surface area contributed by atoms with Crippen LogP contribution in [0.5, 0.6) is 0 Å². The molecule has 0 N–H and O–H groups in total. The second-order valence-electron chi connectivity index (χ2n) is 5.99. The zero-order valence-electron chi connectivity index (χ0n) is 12.6. The zero-order valence-corrected chi connectivity index (χ0v) is 13.4. The molecule has 1 saturated heterocycles. The Bertz CT molecular complexity index is 717. The van der Waals surface area contributed by atoms with E-state index in [0.29, 0.717) is 6.04 Å². The second kappa shape index (κ2) is 6.19. The van der Waals surface area contributed by atoms with Gasteiger partial charge in [0.1, 0.15) is 5.01 Å². The summed E-state index contributed by atoms with van der Waals surface area (Å²) >= 11 is 1.87. The summed E-state index contributed by atoms with van der Waals surface area (Å²) in [5, 5.41) is 1.29. The van der Waals surface area contributed by atoms with E-state index < -0.39 is 0 Å². The van der Waals surface area contributed by atoms with Crippen LogP contribution in [-0.2, 0) is 6.54 Å². The van der Waals surface area contributed by atoms with Gasteiger partial charge in [0, 0.05) is 6.54 Å². The Labute approximate surface area is 135 Å². The molecule has 1 fully saturated rings. The average Bonchev–Trinajstić information content (AvgIpc) is 3.00. The molecule has 2 aromatic carbocycles. The highest BCUT2D eigenvalue weighted by Crippen LogP contribution is 2.36. The number of rotatable bonds is 3. The fraction of sp³-hybridized carbons (Fsp3) is 0.316. The number of hydrogen-bond donors (Lipinski definition) is 0. The highest BCUT2D eigenvalue weighted by atomic mass is 32.1. The Morgan fingerprint density at radius 2 is 1.82 bits per heavy atom. The van der Waals surface area contributed by atoms with Crippen LogP contribution in [0.4, 0.5) is 0 Å². The van der Waals surface area contributed by atoms with Crippen LogP contribution in [0.25, 0.3) is 10.2 Å². The quantitative estimate of drug-likeness (QED) is 0.675. The lowest BCUT2D eigenvalue weighted by molar-refractivity contribution is 0.140. The molecule has 0 amide bonds. The topological polar surface area (TPSA) is 16.1 Å². The van der Waals surface area contributed by atoms with Crippen LogP contribution in [0.15, 0.2) is 54.6 Å². The van der Waals surface area contributed by atoms with E-state index in [0.717, 1.165) is 12.1 Å². The van der Waals surface area contributed by atoms with Crippen LogP contribution in [0.2, 0.25) is 0 Å². The Kier molecular flexibility index (Phi) is 3.92. The number of hydrogen-bond acceptors (Lipinski definition) is 3. The lowest BCUT2D eigenvalue weighted by Crippen LogP contribution is -2.32. The van der Waals surface area contributed by atoms with E-state index >= 15 is 0 Å². The summed E-state index contributed by atoms with van der Waals surface area (Å²) in [6.45, 7) is 2.21. The molecule has 22 heavy (non-hydrogen) atoms. The number of nitrogens with zero attached hydrogens (tertiary/aromatic N) is 2. The summed E-state index contributed by atoms with van der Waals surface area (Å²) in [6.07, 6.45) is 3.84. The Morgan fingerprint density at radius 3 is 2.68 bits per heavy atom. The van der Waals surface area contributed by atoms with Gasteiger partial charge in [-0.05, 0) is 37.1 Å². The maximum Gasteiger partial charge on any atom is 0.111 e. The van der Waals surface area contributed by atoms with Crippen molar-refractivity contribution in [1.82, 2.24) is 9.88 Å². The van der Waals surface area contributed by atoms with Crippen LogP contribution in [0.3, 0.4) is 0 Å². The minimum Gasteiger partial charge on any atom is -0.290 e. The Hall–Kier alpha value is -1.71. The highest BCUT2D eigenvalue weighted by Gasteiger charge is 2.26. The first-order chi connectivity index (χ1) is 10.9. The largest absolute Gasteiger partial charge is 0.290 e. The van der Waals surface area contributed by atoms with E-state index in [-0.39, 0.29) is 0 Å². The Balaban J connectivity index is 1.62. The number of piperidine rings is 1. The molecule has 2 nitrogen and oxygen atoms in total. The molecule has 0 radical (unpaired) electrons. The molecule has 0 bridgehead atoms. The average molecular weight is 308 g/mol. The molecule has 1 aliphatic rings. The van der Waals surface area contributed by atoms with Gasteiger partial charge in [0.2, 0.25) is 0 Å². The normalized spacial score (nSPS) is 19.5. The van der Waals surface area contributed by atoms with Crippen LogP contribution in [0.1, 0.15) is 35.9 Å². The van der Waals surface area contributed by atoms with Crippen molar-refractivity contribution in [2.75, 3.05) is 6.54 Å². The molecule has 1 aliphatic heterocycles. The first kappa shape index (κ1) is 13.9. The summed E-state index contributed by atoms with van der Waals surface area (Å²) in [5.41, 5.74) is 2.54. The summed E-state index contributed by atoms with van der Waals surface area (Å²) in [4.78, 5) is 7.51. The molecule has 4 rings (SSSR count). The van der Waals surface area contributed by atoms with Gasteiger partial charge in [0.25, 0.3) is 0 Å². The van der Waals surface area contributed by atoms with Crippen LogP contribution < -0.4 is 0 Å². The lowest BCUT2D eigenvalue weighted by Gasteiger charge is -2.34. The van der Waals surface area contributed by atoms with Gasteiger partial charge in [0.05, 0.1) is 16.3 Å². The van der Waals surface area contributed by atoms with Gasteiger partial charge in [0.15, 0.2) is 0 Å². The Morgan fingerprint density at radius 1 is 1.00 bits per heavy atom. The minimum absolute atomic E-state index is 0.478. The predicted octanol–water partition coefficient (Wildman–Crippen LogP) is 5.02.